The van der Waals surface area contributed by atoms with Gasteiger partial charge in [0, 0.05) is 0 Å². The zero-order chi connectivity index (χ0) is 12.7. The minimum atomic E-state index is -6.98. The van der Waals surface area contributed by atoms with Crippen molar-refractivity contribution in [1.82, 2.24) is 0 Å². The molecule has 2 nitrogen and oxygen atoms in total. The maximum atomic E-state index is 6.01. The van der Waals surface area contributed by atoms with Crippen molar-refractivity contribution in [3.05, 3.63) is 0 Å². The van der Waals surface area contributed by atoms with E-state index in [1.165, 1.54) is 0 Å². The van der Waals surface area contributed by atoms with Crippen molar-refractivity contribution in [1.29, 1.82) is 0 Å². The van der Waals surface area contributed by atoms with Gasteiger partial charge in [0.05, 0.1) is 0 Å². The summed E-state index contributed by atoms with van der Waals surface area (Å²) in [5.41, 5.74) is 0. The molecule has 0 saturated carbocycles. The summed E-state index contributed by atoms with van der Waals surface area (Å²) in [4.78, 5) is 0. The van der Waals surface area contributed by atoms with Crippen LogP contribution in [0.3, 0.4) is 0 Å². The van der Waals surface area contributed by atoms with Crippen LogP contribution < -0.4 is 0 Å². The molecule has 0 rings (SSSR count). The van der Waals surface area contributed by atoms with Gasteiger partial charge >= 0.3 is 110 Å². The summed E-state index contributed by atoms with van der Waals surface area (Å²) in [5.74, 6) is 0. The normalized spacial score (nSPS) is 21.3. The van der Waals surface area contributed by atoms with Gasteiger partial charge < -0.3 is 0 Å². The quantitative estimate of drug-likeness (QED) is 0.567. The zero-order valence-electron chi connectivity index (χ0n) is 9.33. The summed E-state index contributed by atoms with van der Waals surface area (Å²) in [6.07, 6.45) is 0.623. The van der Waals surface area contributed by atoms with Crippen molar-refractivity contribution in [3.63, 3.8) is 0 Å². The third kappa shape index (κ3) is 8.87. The molecular formula is C6H16Cl5O2SiZn. The van der Waals surface area contributed by atoms with Crippen molar-refractivity contribution in [2.45, 2.75) is 33.0 Å². The number of hydrogen-bond acceptors (Lipinski definition) is 2. The molecule has 0 amide bonds. The first-order chi connectivity index (χ1) is 5.99. The molecule has 0 fully saturated rings. The van der Waals surface area contributed by atoms with E-state index in [1.54, 1.807) is 0 Å². The van der Waals surface area contributed by atoms with Crippen molar-refractivity contribution in [2.75, 3.05) is 6.61 Å². The first-order valence-corrected chi connectivity index (χ1v) is 30.4. The van der Waals surface area contributed by atoms with Crippen LogP contribution in [0.15, 0.2) is 0 Å². The molecular weight excluding hydrogens is 375 g/mol. The molecule has 0 N–H and O–H groups in total. The third-order valence-corrected chi connectivity index (χ3v) is 27.8. The summed E-state index contributed by atoms with van der Waals surface area (Å²) in [6, 6.07) is 0. The average Bonchev–Trinajstić information content (AvgIpc) is 1.74. The Hall–Kier alpha value is 2.21. The molecule has 9 heteroatoms. The Morgan fingerprint density at radius 2 is 1.40 bits per heavy atom. The number of halogens is 5. The van der Waals surface area contributed by atoms with Crippen LogP contribution in [0.2, 0.25) is 19.6 Å². The van der Waals surface area contributed by atoms with Crippen LogP contribution in [-0.4, -0.2) is 14.9 Å². The van der Waals surface area contributed by atoms with E-state index in [4.69, 9.17) is 55.3 Å². The Balaban J connectivity index is 5.29. The van der Waals surface area contributed by atoms with Gasteiger partial charge in [-0.15, -0.1) is 0 Å². The van der Waals surface area contributed by atoms with Crippen molar-refractivity contribution in [3.8, 4) is 0 Å². The van der Waals surface area contributed by atoms with Gasteiger partial charge in [0.25, 0.3) is 0 Å². The fourth-order valence-electron chi connectivity index (χ4n) is 1.51. The van der Waals surface area contributed by atoms with Gasteiger partial charge in [-0.2, -0.15) is 0 Å². The molecule has 0 aromatic heterocycles. The third-order valence-electron chi connectivity index (χ3n) is 1.58. The molecule has 0 spiro atoms. The van der Waals surface area contributed by atoms with Crippen LogP contribution in [0.1, 0.15) is 13.3 Å². The van der Waals surface area contributed by atoms with E-state index >= 15 is 0 Å². The van der Waals surface area contributed by atoms with Crippen LogP contribution in [0.5, 0.6) is 0 Å². The first-order valence-electron chi connectivity index (χ1n) is 5.11. The van der Waals surface area contributed by atoms with Crippen LogP contribution in [0.4, 0.5) is 0 Å². The fourth-order valence-corrected chi connectivity index (χ4v) is 47.0. The second-order valence-corrected chi connectivity index (χ2v) is 75.2. The Labute approximate surface area is 109 Å². The van der Waals surface area contributed by atoms with Gasteiger partial charge in [-0.3, -0.25) is 0 Å². The molecule has 0 radical (unpaired) electrons. The van der Waals surface area contributed by atoms with E-state index in [1.807, 2.05) is 26.6 Å². The Kier molecular flexibility index (Phi) is 3.90. The Morgan fingerprint density at radius 3 is 1.67 bits per heavy atom. The molecule has 0 aromatic carbocycles. The van der Waals surface area contributed by atoms with E-state index in [9.17, 15) is 0 Å². The second kappa shape index (κ2) is 3.40. The number of hydrogen-bond donors (Lipinski definition) is 0. The Bertz CT molecular complexity index is 271. The summed E-state index contributed by atoms with van der Waals surface area (Å²) in [6.45, 7) is 7.43. The van der Waals surface area contributed by atoms with E-state index < -0.39 is 15.3 Å². The minimum absolute atomic E-state index is 0.137. The molecule has 0 saturated heterocycles. The van der Waals surface area contributed by atoms with Gasteiger partial charge in [-0.25, -0.2) is 0 Å². The molecule has 93 valence electrons. The van der Waals surface area contributed by atoms with Crippen molar-refractivity contribution >= 4 is 56.8 Å². The van der Waals surface area contributed by atoms with E-state index in [0.717, 1.165) is 0 Å². The molecule has 0 bridgehead atoms. The molecule has 0 unspecified atom stereocenters. The van der Waals surface area contributed by atoms with Crippen LogP contribution in [0, 0.1) is 0 Å². The number of rotatable bonds is 5. The summed E-state index contributed by atoms with van der Waals surface area (Å²) in [5, 5.41) is 0. The monoisotopic (exact) mass is 387 g/mol. The molecule has 0 aliphatic heterocycles. The zero-order valence-corrected chi connectivity index (χ0v) is 17.1. The van der Waals surface area contributed by atoms with Gasteiger partial charge in [0.2, 0.25) is 0 Å². The van der Waals surface area contributed by atoms with E-state index in [2.05, 4.69) is 0 Å². The summed E-state index contributed by atoms with van der Waals surface area (Å²) >= 11 is 0. The molecule has 0 aliphatic rings. The van der Waals surface area contributed by atoms with Gasteiger partial charge in [0.1, 0.15) is 0 Å². The van der Waals surface area contributed by atoms with Gasteiger partial charge in [-0.05, 0) is 0 Å². The first kappa shape index (κ1) is 17.2. The second-order valence-electron chi connectivity index (χ2n) is 5.38. The maximum absolute atomic E-state index is 6.98. The summed E-state index contributed by atoms with van der Waals surface area (Å²) < 4.78 is 10.6. The SMILES string of the molecule is CCC[O][Zn]([Cl])([Cl])([Cl])([Cl])([Cl])[O][Si](C)(C)C. The fraction of sp³-hybridized carbons (Fsp3) is 1.00. The topological polar surface area (TPSA) is 18.5 Å². The Morgan fingerprint density at radius 1 is 1.00 bits per heavy atom. The summed E-state index contributed by atoms with van der Waals surface area (Å²) in [7, 11) is 20.8. The van der Waals surface area contributed by atoms with Crippen LogP contribution >= 0.6 is 48.5 Å². The van der Waals surface area contributed by atoms with E-state index in [-0.39, 0.29) is 6.61 Å². The van der Waals surface area contributed by atoms with E-state index in [0.29, 0.717) is 6.42 Å². The predicted molar refractivity (Wildman–Crippen MR) is 69.9 cm³/mol. The molecule has 0 aliphatic carbocycles. The van der Waals surface area contributed by atoms with Gasteiger partial charge in [0.15, 0.2) is 0 Å². The molecule has 15 heavy (non-hydrogen) atoms. The van der Waals surface area contributed by atoms with Crippen molar-refractivity contribution in [2.24, 2.45) is 0 Å². The van der Waals surface area contributed by atoms with Crippen molar-refractivity contribution < 1.29 is 13.8 Å². The molecule has 0 aromatic rings. The van der Waals surface area contributed by atoms with Gasteiger partial charge in [-0.1, -0.05) is 0 Å². The van der Waals surface area contributed by atoms with Crippen LogP contribution in [-0.2, 0) is 13.8 Å². The molecule has 0 atom stereocenters. The predicted octanol–water partition coefficient (Wildman–Crippen LogP) is 5.62. The standard InChI is InChI=1S/C3H9OSi.C3H7O.5ClH.Zn/c1-5(2,3)4;1-2-3-4;;;;;;/h1-3H3;2-3H2,1H3;5*1H;/q2*-1;;;;;;+7/p-5. The average molecular weight is 391 g/mol. The van der Waals surface area contributed by atoms with Crippen LogP contribution in [0.25, 0.3) is 0 Å². The molecule has 0 heterocycles.